The molecule has 0 amide bonds. The molecule has 102 valence electrons. The molecule has 0 bridgehead atoms. The van der Waals surface area contributed by atoms with Crippen molar-refractivity contribution in [1.82, 2.24) is 4.90 Å². The van der Waals surface area contributed by atoms with Gasteiger partial charge in [-0.2, -0.15) is 0 Å². The molecule has 0 spiro atoms. The minimum absolute atomic E-state index is 0.401. The molecule has 2 heteroatoms. The quantitative estimate of drug-likeness (QED) is 0.739. The number of nitrogens with zero attached hydrogens (tertiary/aromatic N) is 1. The fourth-order valence-electron chi connectivity index (χ4n) is 2.99. The highest BCUT2D eigenvalue weighted by atomic mass is 15.1. The van der Waals surface area contributed by atoms with Crippen LogP contribution in [0.3, 0.4) is 0 Å². The van der Waals surface area contributed by atoms with E-state index in [1.807, 2.05) is 0 Å². The van der Waals surface area contributed by atoms with E-state index in [2.05, 4.69) is 18.7 Å². The zero-order valence-electron chi connectivity index (χ0n) is 12.0. The number of nitrogens with two attached hydrogens (primary N) is 1. The minimum atomic E-state index is 0.401. The Hall–Kier alpha value is -0.0800. The molecule has 1 saturated heterocycles. The van der Waals surface area contributed by atoms with Crippen molar-refractivity contribution in [3.05, 3.63) is 0 Å². The van der Waals surface area contributed by atoms with E-state index in [9.17, 15) is 0 Å². The summed E-state index contributed by atoms with van der Waals surface area (Å²) in [6.45, 7) is 8.24. The topological polar surface area (TPSA) is 29.3 Å². The third-order valence-corrected chi connectivity index (χ3v) is 4.06. The maximum atomic E-state index is 6.19. The van der Waals surface area contributed by atoms with E-state index in [0.717, 1.165) is 12.5 Å². The lowest BCUT2D eigenvalue weighted by atomic mass is 9.96. The summed E-state index contributed by atoms with van der Waals surface area (Å²) in [6, 6.07) is 0.401. The standard InChI is InChI=1S/C15H32N2/c1-3-5-9-15(16)13-17-11-6-8-14(7-4-2)10-12-17/h14-15H,3-13,16H2,1-2H3. The van der Waals surface area contributed by atoms with Gasteiger partial charge in [-0.25, -0.2) is 0 Å². The summed E-state index contributed by atoms with van der Waals surface area (Å²) >= 11 is 0. The van der Waals surface area contributed by atoms with E-state index in [4.69, 9.17) is 5.73 Å². The lowest BCUT2D eigenvalue weighted by Gasteiger charge is -2.24. The molecule has 0 aromatic carbocycles. The van der Waals surface area contributed by atoms with Gasteiger partial charge in [0.1, 0.15) is 0 Å². The summed E-state index contributed by atoms with van der Waals surface area (Å²) in [5.74, 6) is 0.983. The smallest absolute Gasteiger partial charge is 0.0167 e. The molecular formula is C15H32N2. The summed E-state index contributed by atoms with van der Waals surface area (Å²) in [4.78, 5) is 2.61. The van der Waals surface area contributed by atoms with Gasteiger partial charge < -0.3 is 10.6 Å². The molecule has 0 radical (unpaired) electrons. The molecule has 1 aliphatic rings. The molecule has 17 heavy (non-hydrogen) atoms. The Morgan fingerprint density at radius 3 is 2.71 bits per heavy atom. The molecule has 0 saturated carbocycles. The third kappa shape index (κ3) is 6.42. The molecule has 2 nitrogen and oxygen atoms in total. The van der Waals surface area contributed by atoms with Gasteiger partial charge in [0.2, 0.25) is 0 Å². The number of rotatable bonds is 7. The van der Waals surface area contributed by atoms with Gasteiger partial charge in [-0.05, 0) is 44.7 Å². The van der Waals surface area contributed by atoms with Crippen LogP contribution in [0.4, 0.5) is 0 Å². The lowest BCUT2D eigenvalue weighted by Crippen LogP contribution is -2.38. The zero-order chi connectivity index (χ0) is 12.5. The van der Waals surface area contributed by atoms with Crippen LogP contribution in [0, 0.1) is 5.92 Å². The Kier molecular flexibility index (Phi) is 7.87. The van der Waals surface area contributed by atoms with Gasteiger partial charge in [0.15, 0.2) is 0 Å². The molecule has 2 N–H and O–H groups in total. The van der Waals surface area contributed by atoms with Gasteiger partial charge in [0.05, 0.1) is 0 Å². The van der Waals surface area contributed by atoms with Crippen LogP contribution in [0.2, 0.25) is 0 Å². The van der Waals surface area contributed by atoms with Crippen molar-refractivity contribution >= 4 is 0 Å². The van der Waals surface area contributed by atoms with Crippen molar-refractivity contribution in [2.45, 2.75) is 71.3 Å². The molecule has 2 unspecified atom stereocenters. The van der Waals surface area contributed by atoms with E-state index in [0.29, 0.717) is 6.04 Å². The van der Waals surface area contributed by atoms with E-state index in [1.165, 1.54) is 64.5 Å². The van der Waals surface area contributed by atoms with E-state index >= 15 is 0 Å². The summed E-state index contributed by atoms with van der Waals surface area (Å²) in [5.41, 5.74) is 6.19. The van der Waals surface area contributed by atoms with Crippen LogP contribution in [0.25, 0.3) is 0 Å². The van der Waals surface area contributed by atoms with Gasteiger partial charge in [-0.15, -0.1) is 0 Å². The Morgan fingerprint density at radius 1 is 1.18 bits per heavy atom. The number of hydrogen-bond donors (Lipinski definition) is 1. The fraction of sp³-hybridized carbons (Fsp3) is 1.00. The van der Waals surface area contributed by atoms with Crippen LogP contribution >= 0.6 is 0 Å². The number of unbranched alkanes of at least 4 members (excludes halogenated alkanes) is 1. The van der Waals surface area contributed by atoms with Crippen LogP contribution in [0.1, 0.15) is 65.2 Å². The fourth-order valence-corrected chi connectivity index (χ4v) is 2.99. The average molecular weight is 240 g/mol. The Morgan fingerprint density at radius 2 is 2.00 bits per heavy atom. The molecule has 2 atom stereocenters. The Labute approximate surface area is 108 Å². The first-order valence-corrected chi connectivity index (χ1v) is 7.74. The maximum Gasteiger partial charge on any atom is 0.0167 e. The van der Waals surface area contributed by atoms with E-state index in [-0.39, 0.29) is 0 Å². The Bertz CT molecular complexity index is 182. The van der Waals surface area contributed by atoms with Crippen LogP contribution in [-0.2, 0) is 0 Å². The highest BCUT2D eigenvalue weighted by Crippen LogP contribution is 2.22. The second-order valence-corrected chi connectivity index (χ2v) is 5.79. The summed E-state index contributed by atoms with van der Waals surface area (Å²) in [5, 5.41) is 0. The predicted molar refractivity (Wildman–Crippen MR) is 76.2 cm³/mol. The maximum absolute atomic E-state index is 6.19. The van der Waals surface area contributed by atoms with Crippen LogP contribution in [0.15, 0.2) is 0 Å². The van der Waals surface area contributed by atoms with Gasteiger partial charge in [0, 0.05) is 12.6 Å². The first-order chi connectivity index (χ1) is 8.26. The number of hydrogen-bond acceptors (Lipinski definition) is 2. The van der Waals surface area contributed by atoms with Crippen molar-refractivity contribution in [3.8, 4) is 0 Å². The normalized spacial score (nSPS) is 24.5. The van der Waals surface area contributed by atoms with E-state index in [1.54, 1.807) is 0 Å². The first-order valence-electron chi connectivity index (χ1n) is 7.74. The largest absolute Gasteiger partial charge is 0.327 e. The second kappa shape index (κ2) is 8.93. The summed E-state index contributed by atoms with van der Waals surface area (Å²) in [6.07, 6.45) is 10.7. The van der Waals surface area contributed by atoms with Gasteiger partial charge in [0.25, 0.3) is 0 Å². The van der Waals surface area contributed by atoms with Crippen LogP contribution in [-0.4, -0.2) is 30.6 Å². The number of likely N-dealkylation sites (tertiary alicyclic amines) is 1. The highest BCUT2D eigenvalue weighted by Gasteiger charge is 2.17. The third-order valence-electron chi connectivity index (χ3n) is 4.06. The lowest BCUT2D eigenvalue weighted by molar-refractivity contribution is 0.256. The monoisotopic (exact) mass is 240 g/mol. The van der Waals surface area contributed by atoms with Gasteiger partial charge >= 0.3 is 0 Å². The zero-order valence-corrected chi connectivity index (χ0v) is 12.0. The second-order valence-electron chi connectivity index (χ2n) is 5.79. The SMILES string of the molecule is CCCCC(N)CN1CCCC(CCC)CC1. The van der Waals surface area contributed by atoms with Crippen molar-refractivity contribution < 1.29 is 0 Å². The van der Waals surface area contributed by atoms with Crippen molar-refractivity contribution in [1.29, 1.82) is 0 Å². The highest BCUT2D eigenvalue weighted by molar-refractivity contribution is 4.74. The summed E-state index contributed by atoms with van der Waals surface area (Å²) < 4.78 is 0. The molecule has 1 aliphatic heterocycles. The van der Waals surface area contributed by atoms with Crippen molar-refractivity contribution in [3.63, 3.8) is 0 Å². The van der Waals surface area contributed by atoms with Gasteiger partial charge in [-0.3, -0.25) is 0 Å². The minimum Gasteiger partial charge on any atom is -0.327 e. The van der Waals surface area contributed by atoms with Crippen LogP contribution < -0.4 is 5.73 Å². The molecule has 0 aliphatic carbocycles. The molecule has 1 rings (SSSR count). The van der Waals surface area contributed by atoms with E-state index < -0.39 is 0 Å². The first kappa shape index (κ1) is 15.0. The van der Waals surface area contributed by atoms with Crippen LogP contribution in [0.5, 0.6) is 0 Å². The Balaban J connectivity index is 2.21. The predicted octanol–water partition coefficient (Wildman–Crippen LogP) is 3.41. The van der Waals surface area contributed by atoms with Crippen molar-refractivity contribution in [2.24, 2.45) is 11.7 Å². The summed E-state index contributed by atoms with van der Waals surface area (Å²) in [7, 11) is 0. The molecule has 0 aromatic rings. The molecule has 1 heterocycles. The van der Waals surface area contributed by atoms with Gasteiger partial charge in [-0.1, -0.05) is 39.5 Å². The average Bonchev–Trinajstić information content (AvgIpc) is 2.53. The molecular weight excluding hydrogens is 208 g/mol. The molecule has 1 fully saturated rings. The van der Waals surface area contributed by atoms with Crippen molar-refractivity contribution in [2.75, 3.05) is 19.6 Å². The molecule has 0 aromatic heterocycles.